The lowest BCUT2D eigenvalue weighted by Crippen LogP contribution is -1.99. The van der Waals surface area contributed by atoms with Crippen LogP contribution in [0.2, 0.25) is 0 Å². The maximum absolute atomic E-state index is 5.09. The molecule has 0 amide bonds. The Balaban J connectivity index is 1.04. The molecule has 0 atom stereocenters. The van der Waals surface area contributed by atoms with E-state index in [1.165, 1.54) is 21.9 Å². The van der Waals surface area contributed by atoms with E-state index in [0.29, 0.717) is 0 Å². The van der Waals surface area contributed by atoms with E-state index in [2.05, 4.69) is 94.5 Å². The van der Waals surface area contributed by atoms with Gasteiger partial charge >= 0.3 is 0 Å². The molecule has 0 saturated carbocycles. The van der Waals surface area contributed by atoms with Gasteiger partial charge in [-0.2, -0.15) is 0 Å². The van der Waals surface area contributed by atoms with Gasteiger partial charge in [0.25, 0.3) is 0 Å². The number of aromatic nitrogens is 5. The Labute approximate surface area is 271 Å². The maximum atomic E-state index is 5.09. The van der Waals surface area contributed by atoms with E-state index in [-0.39, 0.29) is 0 Å². The molecule has 4 aromatic carbocycles. The zero-order chi connectivity index (χ0) is 31.2. The van der Waals surface area contributed by atoms with Crippen molar-refractivity contribution in [2.75, 3.05) is 0 Å². The van der Waals surface area contributed by atoms with Crippen LogP contribution < -0.4 is 0 Å². The van der Waals surface area contributed by atoms with E-state index in [0.717, 1.165) is 61.8 Å². The normalized spacial score (nSPS) is 11.4. The zero-order valence-electron chi connectivity index (χ0n) is 25.3. The second-order valence-corrected chi connectivity index (χ2v) is 11.6. The van der Waals surface area contributed by atoms with Gasteiger partial charge in [-0.05, 0) is 82.6 Å². The second-order valence-electron chi connectivity index (χ2n) is 11.6. The molecule has 0 unspecified atom stereocenters. The summed E-state index contributed by atoms with van der Waals surface area (Å²) in [4.78, 5) is 19.8. The van der Waals surface area contributed by atoms with Crippen LogP contribution in [0.5, 0.6) is 0 Å². The SMILES string of the molecule is c1cc(-c2ccc(-c3ccc4ccccc4c3)cc2)nc(-c2cccc(-c3cccc(-n4c5ccccc5c5ncccc54)n3)n2)c1. The fourth-order valence-electron chi connectivity index (χ4n) is 6.38. The third-order valence-corrected chi connectivity index (χ3v) is 8.68. The van der Waals surface area contributed by atoms with Crippen LogP contribution in [0.15, 0.2) is 164 Å². The monoisotopic (exact) mass is 601 g/mol. The standard InChI is InChI=1S/C42H27N5/c1-2-10-31-27-32(25-22-28(31)9-1)29-20-23-30(24-21-29)34-12-5-13-35(44-34)36-14-6-15-37(45-36)38-16-7-19-41(46-38)47-39-17-4-3-11-33(39)42-40(47)18-8-26-43-42/h1-27H. The average Bonchev–Trinajstić information content (AvgIpc) is 3.49. The van der Waals surface area contributed by atoms with Gasteiger partial charge in [0.05, 0.1) is 45.0 Å². The van der Waals surface area contributed by atoms with E-state index >= 15 is 0 Å². The Hall–Kier alpha value is -6.46. The first-order valence-corrected chi connectivity index (χ1v) is 15.6. The number of hydrogen-bond acceptors (Lipinski definition) is 4. The van der Waals surface area contributed by atoms with Crippen molar-refractivity contribution in [2.24, 2.45) is 0 Å². The summed E-state index contributed by atoms with van der Waals surface area (Å²) < 4.78 is 2.17. The molecule has 9 rings (SSSR count). The van der Waals surface area contributed by atoms with Crippen molar-refractivity contribution in [1.29, 1.82) is 0 Å². The summed E-state index contributed by atoms with van der Waals surface area (Å²) in [5.41, 5.74) is 10.6. The minimum Gasteiger partial charge on any atom is -0.292 e. The Bertz CT molecular complexity index is 2530. The number of para-hydroxylation sites is 1. The summed E-state index contributed by atoms with van der Waals surface area (Å²) in [6.45, 7) is 0. The van der Waals surface area contributed by atoms with Gasteiger partial charge in [-0.1, -0.05) is 97.1 Å². The van der Waals surface area contributed by atoms with Crippen LogP contribution in [0, 0.1) is 0 Å². The lowest BCUT2D eigenvalue weighted by Gasteiger charge is -2.10. The Morgan fingerprint density at radius 2 is 0.979 bits per heavy atom. The number of nitrogens with zero attached hydrogens (tertiary/aromatic N) is 5. The van der Waals surface area contributed by atoms with Crippen LogP contribution in [-0.4, -0.2) is 24.5 Å². The summed E-state index contributed by atoms with van der Waals surface area (Å²) in [6, 6.07) is 54.2. The summed E-state index contributed by atoms with van der Waals surface area (Å²) in [6.07, 6.45) is 1.84. The molecule has 5 nitrogen and oxygen atoms in total. The molecule has 47 heavy (non-hydrogen) atoms. The van der Waals surface area contributed by atoms with Gasteiger partial charge in [0.2, 0.25) is 0 Å². The van der Waals surface area contributed by atoms with Crippen LogP contribution in [-0.2, 0) is 0 Å². The first-order chi connectivity index (χ1) is 23.3. The second kappa shape index (κ2) is 11.2. The zero-order valence-corrected chi connectivity index (χ0v) is 25.3. The molecule has 0 radical (unpaired) electrons. The fraction of sp³-hybridized carbons (Fsp3) is 0. The molecule has 5 heterocycles. The van der Waals surface area contributed by atoms with Crippen molar-refractivity contribution < 1.29 is 0 Å². The molecule has 0 fully saturated rings. The third kappa shape index (κ3) is 4.82. The first kappa shape index (κ1) is 26.9. The van der Waals surface area contributed by atoms with Crippen molar-refractivity contribution >= 4 is 32.7 Å². The quantitative estimate of drug-likeness (QED) is 0.197. The van der Waals surface area contributed by atoms with Gasteiger partial charge in [-0.3, -0.25) is 9.55 Å². The van der Waals surface area contributed by atoms with E-state index in [1.807, 2.05) is 79.0 Å². The molecular formula is C42H27N5. The van der Waals surface area contributed by atoms with Crippen molar-refractivity contribution in [3.8, 4) is 51.0 Å². The number of rotatable bonds is 5. The fourth-order valence-corrected chi connectivity index (χ4v) is 6.38. The molecular weight excluding hydrogens is 574 g/mol. The predicted octanol–water partition coefficient (Wildman–Crippen LogP) is 10.2. The van der Waals surface area contributed by atoms with Crippen LogP contribution in [0.25, 0.3) is 83.7 Å². The number of fused-ring (bicyclic) bond motifs is 4. The van der Waals surface area contributed by atoms with Gasteiger partial charge in [0.1, 0.15) is 5.82 Å². The molecule has 5 aromatic heterocycles. The Morgan fingerprint density at radius 3 is 1.79 bits per heavy atom. The van der Waals surface area contributed by atoms with Crippen LogP contribution in [0.1, 0.15) is 0 Å². The molecule has 220 valence electrons. The lowest BCUT2D eigenvalue weighted by atomic mass is 9.99. The van der Waals surface area contributed by atoms with Crippen molar-refractivity contribution in [3.63, 3.8) is 0 Å². The maximum Gasteiger partial charge on any atom is 0.138 e. The number of benzene rings is 4. The van der Waals surface area contributed by atoms with Gasteiger partial charge < -0.3 is 0 Å². The highest BCUT2D eigenvalue weighted by Crippen LogP contribution is 2.31. The predicted molar refractivity (Wildman–Crippen MR) is 191 cm³/mol. The van der Waals surface area contributed by atoms with Gasteiger partial charge in [0.15, 0.2) is 0 Å². The highest BCUT2D eigenvalue weighted by molar-refractivity contribution is 6.06. The number of pyridine rings is 4. The van der Waals surface area contributed by atoms with Crippen molar-refractivity contribution in [3.05, 3.63) is 164 Å². The summed E-state index contributed by atoms with van der Waals surface area (Å²) in [5.74, 6) is 0.821. The molecule has 0 aliphatic carbocycles. The average molecular weight is 602 g/mol. The Morgan fingerprint density at radius 1 is 0.383 bits per heavy atom. The lowest BCUT2D eigenvalue weighted by molar-refractivity contribution is 1.07. The van der Waals surface area contributed by atoms with Gasteiger partial charge in [-0.15, -0.1) is 0 Å². The molecule has 5 heteroatoms. The molecule has 0 aliphatic heterocycles. The van der Waals surface area contributed by atoms with E-state index in [4.69, 9.17) is 15.0 Å². The first-order valence-electron chi connectivity index (χ1n) is 15.6. The molecule has 0 N–H and O–H groups in total. The van der Waals surface area contributed by atoms with Crippen LogP contribution in [0.3, 0.4) is 0 Å². The molecule has 0 aliphatic rings. The van der Waals surface area contributed by atoms with Crippen molar-refractivity contribution in [1.82, 2.24) is 24.5 Å². The minimum absolute atomic E-state index is 0.787. The molecule has 0 bridgehead atoms. The highest BCUT2D eigenvalue weighted by atomic mass is 15.1. The minimum atomic E-state index is 0.787. The smallest absolute Gasteiger partial charge is 0.138 e. The molecule has 9 aromatic rings. The highest BCUT2D eigenvalue weighted by Gasteiger charge is 2.15. The summed E-state index contributed by atoms with van der Waals surface area (Å²) >= 11 is 0. The molecule has 0 saturated heterocycles. The summed E-state index contributed by atoms with van der Waals surface area (Å²) in [5, 5.41) is 3.59. The molecule has 0 spiro atoms. The largest absolute Gasteiger partial charge is 0.292 e. The van der Waals surface area contributed by atoms with Crippen molar-refractivity contribution in [2.45, 2.75) is 0 Å². The van der Waals surface area contributed by atoms with Crippen LogP contribution >= 0.6 is 0 Å². The van der Waals surface area contributed by atoms with E-state index < -0.39 is 0 Å². The Kier molecular flexibility index (Phi) is 6.39. The number of hydrogen-bond donors (Lipinski definition) is 0. The van der Waals surface area contributed by atoms with Gasteiger partial charge in [0, 0.05) is 17.1 Å². The van der Waals surface area contributed by atoms with Crippen LogP contribution in [0.4, 0.5) is 0 Å². The van der Waals surface area contributed by atoms with Gasteiger partial charge in [-0.25, -0.2) is 15.0 Å². The topological polar surface area (TPSA) is 56.5 Å². The third-order valence-electron chi connectivity index (χ3n) is 8.68. The van der Waals surface area contributed by atoms with E-state index in [9.17, 15) is 0 Å². The van der Waals surface area contributed by atoms with E-state index in [1.54, 1.807) is 0 Å². The summed E-state index contributed by atoms with van der Waals surface area (Å²) in [7, 11) is 0.